The molecule has 0 aliphatic carbocycles. The number of rotatable bonds is 4. The summed E-state index contributed by atoms with van der Waals surface area (Å²) in [6.07, 6.45) is 2.12. The standard InChI is InChI=1S/C16H24N2O/c1-13(2)18(12-14-7-4-3-5-8-14)16(19)15-9-6-10-17-11-15/h3-5,7-8,13,15,17H,6,9-12H2,1-2H3. The lowest BCUT2D eigenvalue weighted by Crippen LogP contribution is -2.45. The molecule has 1 aromatic carbocycles. The monoisotopic (exact) mass is 260 g/mol. The number of nitrogens with one attached hydrogen (secondary N) is 1. The summed E-state index contributed by atoms with van der Waals surface area (Å²) < 4.78 is 0. The van der Waals surface area contributed by atoms with E-state index in [9.17, 15) is 4.79 Å². The van der Waals surface area contributed by atoms with Gasteiger partial charge in [-0.1, -0.05) is 30.3 Å². The van der Waals surface area contributed by atoms with Gasteiger partial charge in [-0.05, 0) is 38.8 Å². The number of hydrogen-bond donors (Lipinski definition) is 1. The number of piperidine rings is 1. The fourth-order valence-corrected chi connectivity index (χ4v) is 2.59. The largest absolute Gasteiger partial charge is 0.336 e. The maximum Gasteiger partial charge on any atom is 0.227 e. The summed E-state index contributed by atoms with van der Waals surface area (Å²) in [7, 11) is 0. The molecule has 3 nitrogen and oxygen atoms in total. The highest BCUT2D eigenvalue weighted by Gasteiger charge is 2.27. The molecule has 1 N–H and O–H groups in total. The Bertz CT molecular complexity index is 396. The first kappa shape index (κ1) is 14.1. The molecule has 0 radical (unpaired) electrons. The Morgan fingerprint density at radius 3 is 2.68 bits per heavy atom. The van der Waals surface area contributed by atoms with Crippen molar-refractivity contribution >= 4 is 5.91 Å². The summed E-state index contributed by atoms with van der Waals surface area (Å²) in [6.45, 7) is 6.78. The van der Waals surface area contributed by atoms with Crippen LogP contribution in [0.3, 0.4) is 0 Å². The molecule has 0 saturated carbocycles. The van der Waals surface area contributed by atoms with E-state index in [2.05, 4.69) is 31.3 Å². The second kappa shape index (κ2) is 6.71. The minimum atomic E-state index is 0.153. The molecule has 1 aliphatic heterocycles. The van der Waals surface area contributed by atoms with Crippen molar-refractivity contribution in [3.05, 3.63) is 35.9 Å². The molecule has 3 heteroatoms. The fourth-order valence-electron chi connectivity index (χ4n) is 2.59. The average molecular weight is 260 g/mol. The van der Waals surface area contributed by atoms with Crippen LogP contribution in [0.1, 0.15) is 32.3 Å². The maximum atomic E-state index is 12.6. The van der Waals surface area contributed by atoms with Crippen LogP contribution in [0, 0.1) is 5.92 Å². The van der Waals surface area contributed by atoms with Crippen LogP contribution in [0.4, 0.5) is 0 Å². The number of nitrogens with zero attached hydrogens (tertiary/aromatic N) is 1. The summed E-state index contributed by atoms with van der Waals surface area (Å²) in [5.41, 5.74) is 1.20. The van der Waals surface area contributed by atoms with E-state index >= 15 is 0 Å². The van der Waals surface area contributed by atoms with Gasteiger partial charge in [0.25, 0.3) is 0 Å². The molecule has 2 rings (SSSR count). The van der Waals surface area contributed by atoms with E-state index in [-0.39, 0.29) is 12.0 Å². The van der Waals surface area contributed by atoms with Gasteiger partial charge in [0.15, 0.2) is 0 Å². The van der Waals surface area contributed by atoms with E-state index < -0.39 is 0 Å². The second-order valence-corrected chi connectivity index (χ2v) is 5.59. The third-order valence-electron chi connectivity index (χ3n) is 3.75. The first-order chi connectivity index (χ1) is 9.18. The Morgan fingerprint density at radius 2 is 2.11 bits per heavy atom. The van der Waals surface area contributed by atoms with Gasteiger partial charge >= 0.3 is 0 Å². The maximum absolute atomic E-state index is 12.6. The molecular weight excluding hydrogens is 236 g/mol. The van der Waals surface area contributed by atoms with Crippen molar-refractivity contribution < 1.29 is 4.79 Å². The first-order valence-corrected chi connectivity index (χ1v) is 7.23. The smallest absolute Gasteiger partial charge is 0.227 e. The Kier molecular flexibility index (Phi) is 4.97. The third-order valence-corrected chi connectivity index (χ3v) is 3.75. The first-order valence-electron chi connectivity index (χ1n) is 7.23. The van der Waals surface area contributed by atoms with Crippen molar-refractivity contribution in [1.82, 2.24) is 10.2 Å². The van der Waals surface area contributed by atoms with Crippen molar-refractivity contribution in [2.45, 2.75) is 39.3 Å². The van der Waals surface area contributed by atoms with Crippen molar-refractivity contribution in [1.29, 1.82) is 0 Å². The summed E-state index contributed by atoms with van der Waals surface area (Å²) in [5, 5.41) is 3.33. The topological polar surface area (TPSA) is 32.3 Å². The molecule has 104 valence electrons. The molecule has 1 aliphatic rings. The molecular formula is C16H24N2O. The van der Waals surface area contributed by atoms with E-state index in [1.807, 2.05) is 23.1 Å². The molecule has 1 unspecified atom stereocenters. The zero-order chi connectivity index (χ0) is 13.7. The molecule has 1 saturated heterocycles. The summed E-state index contributed by atoms with van der Waals surface area (Å²) in [4.78, 5) is 14.6. The van der Waals surface area contributed by atoms with Crippen LogP contribution in [-0.2, 0) is 11.3 Å². The predicted molar refractivity (Wildman–Crippen MR) is 77.7 cm³/mol. The van der Waals surface area contributed by atoms with Gasteiger partial charge in [0.05, 0.1) is 5.92 Å². The Morgan fingerprint density at radius 1 is 1.37 bits per heavy atom. The zero-order valence-electron chi connectivity index (χ0n) is 11.9. The van der Waals surface area contributed by atoms with Gasteiger partial charge in [-0.15, -0.1) is 0 Å². The highest BCUT2D eigenvalue weighted by Crippen LogP contribution is 2.17. The van der Waals surface area contributed by atoms with Crippen LogP contribution in [0.15, 0.2) is 30.3 Å². The molecule has 1 fully saturated rings. The molecule has 1 heterocycles. The number of benzene rings is 1. The highest BCUT2D eigenvalue weighted by molar-refractivity contribution is 5.79. The number of carbonyl (C=O) groups is 1. The Hall–Kier alpha value is -1.35. The van der Waals surface area contributed by atoms with E-state index in [0.29, 0.717) is 12.5 Å². The van der Waals surface area contributed by atoms with Crippen LogP contribution in [0.2, 0.25) is 0 Å². The van der Waals surface area contributed by atoms with Gasteiger partial charge in [-0.2, -0.15) is 0 Å². The van der Waals surface area contributed by atoms with E-state index in [0.717, 1.165) is 25.9 Å². The second-order valence-electron chi connectivity index (χ2n) is 5.59. The molecule has 19 heavy (non-hydrogen) atoms. The molecule has 1 aromatic rings. The fraction of sp³-hybridized carbons (Fsp3) is 0.562. The lowest BCUT2D eigenvalue weighted by Gasteiger charge is -2.32. The molecule has 1 amide bonds. The molecule has 0 bridgehead atoms. The Labute approximate surface area is 116 Å². The van der Waals surface area contributed by atoms with Crippen molar-refractivity contribution in [2.24, 2.45) is 5.92 Å². The van der Waals surface area contributed by atoms with Crippen LogP contribution < -0.4 is 5.32 Å². The van der Waals surface area contributed by atoms with Gasteiger partial charge in [0.2, 0.25) is 5.91 Å². The minimum absolute atomic E-state index is 0.153. The average Bonchev–Trinajstić information content (AvgIpc) is 2.46. The van der Waals surface area contributed by atoms with E-state index in [1.54, 1.807) is 0 Å². The van der Waals surface area contributed by atoms with E-state index in [4.69, 9.17) is 0 Å². The predicted octanol–water partition coefficient (Wildman–Crippen LogP) is 2.42. The quantitative estimate of drug-likeness (QED) is 0.901. The summed E-state index contributed by atoms with van der Waals surface area (Å²) in [5.74, 6) is 0.450. The van der Waals surface area contributed by atoms with E-state index in [1.165, 1.54) is 5.56 Å². The lowest BCUT2D eigenvalue weighted by molar-refractivity contribution is -0.138. The van der Waals surface area contributed by atoms with Crippen molar-refractivity contribution in [3.8, 4) is 0 Å². The van der Waals surface area contributed by atoms with Crippen molar-refractivity contribution in [2.75, 3.05) is 13.1 Å². The van der Waals surface area contributed by atoms with Crippen LogP contribution in [-0.4, -0.2) is 29.9 Å². The third kappa shape index (κ3) is 3.80. The lowest BCUT2D eigenvalue weighted by atomic mass is 9.97. The van der Waals surface area contributed by atoms with Gasteiger partial charge in [0.1, 0.15) is 0 Å². The van der Waals surface area contributed by atoms with Gasteiger partial charge in [-0.25, -0.2) is 0 Å². The summed E-state index contributed by atoms with van der Waals surface area (Å²) >= 11 is 0. The number of carbonyl (C=O) groups excluding carboxylic acids is 1. The van der Waals surface area contributed by atoms with Crippen LogP contribution in [0.5, 0.6) is 0 Å². The number of amides is 1. The molecule has 0 aromatic heterocycles. The SMILES string of the molecule is CC(C)N(Cc1ccccc1)C(=O)C1CCCNC1. The van der Waals surface area contributed by atoms with Gasteiger partial charge in [-0.3, -0.25) is 4.79 Å². The van der Waals surface area contributed by atoms with Gasteiger partial charge < -0.3 is 10.2 Å². The highest BCUT2D eigenvalue weighted by atomic mass is 16.2. The minimum Gasteiger partial charge on any atom is -0.336 e. The van der Waals surface area contributed by atoms with Crippen LogP contribution in [0.25, 0.3) is 0 Å². The molecule has 0 spiro atoms. The summed E-state index contributed by atoms with van der Waals surface area (Å²) in [6, 6.07) is 10.5. The number of hydrogen-bond acceptors (Lipinski definition) is 2. The molecule has 1 atom stereocenters. The normalized spacial score (nSPS) is 19.4. The van der Waals surface area contributed by atoms with Crippen molar-refractivity contribution in [3.63, 3.8) is 0 Å². The zero-order valence-corrected chi connectivity index (χ0v) is 11.9. The van der Waals surface area contributed by atoms with Crippen LogP contribution >= 0.6 is 0 Å². The Balaban J connectivity index is 2.04. The van der Waals surface area contributed by atoms with Gasteiger partial charge in [0, 0.05) is 19.1 Å².